The van der Waals surface area contributed by atoms with E-state index in [0.717, 1.165) is 18.5 Å². The SMILES string of the molecule is C=CC(=O)N1CCC[C@@H](n2nc(CCC(=O)Nc3ccccc3)c3c(N)ncnc32)C1. The molecule has 1 fully saturated rings. The van der Waals surface area contributed by atoms with Crippen molar-refractivity contribution in [2.24, 2.45) is 0 Å². The number of benzene rings is 1. The first-order valence-electron chi connectivity index (χ1n) is 10.3. The maximum atomic E-state index is 12.4. The Morgan fingerprint density at radius 3 is 2.84 bits per heavy atom. The van der Waals surface area contributed by atoms with Crippen molar-refractivity contribution in [1.82, 2.24) is 24.6 Å². The molecule has 1 atom stereocenters. The lowest BCUT2D eigenvalue weighted by Crippen LogP contribution is -2.40. The monoisotopic (exact) mass is 419 g/mol. The number of amides is 2. The van der Waals surface area contributed by atoms with Crippen LogP contribution in [0.15, 0.2) is 49.3 Å². The predicted octanol–water partition coefficient (Wildman–Crippen LogP) is 2.33. The Hall–Kier alpha value is -3.75. The maximum Gasteiger partial charge on any atom is 0.246 e. The molecule has 1 aliphatic rings. The molecule has 0 bridgehead atoms. The van der Waals surface area contributed by atoms with Gasteiger partial charge in [-0.25, -0.2) is 14.6 Å². The lowest BCUT2D eigenvalue weighted by Gasteiger charge is -2.32. The molecule has 3 aromatic rings. The molecule has 2 amide bonds. The summed E-state index contributed by atoms with van der Waals surface area (Å²) in [5, 5.41) is 8.31. The van der Waals surface area contributed by atoms with Crippen molar-refractivity contribution in [3.8, 4) is 0 Å². The summed E-state index contributed by atoms with van der Waals surface area (Å²) >= 11 is 0. The van der Waals surface area contributed by atoms with Crippen LogP contribution in [0.1, 0.15) is 31.0 Å². The van der Waals surface area contributed by atoms with Gasteiger partial charge in [0.25, 0.3) is 0 Å². The number of para-hydroxylation sites is 1. The number of hydrogen-bond donors (Lipinski definition) is 2. The topological polar surface area (TPSA) is 119 Å². The highest BCUT2D eigenvalue weighted by Gasteiger charge is 2.27. The Morgan fingerprint density at radius 2 is 2.06 bits per heavy atom. The largest absolute Gasteiger partial charge is 0.383 e. The van der Waals surface area contributed by atoms with Gasteiger partial charge in [0, 0.05) is 31.6 Å². The highest BCUT2D eigenvalue weighted by atomic mass is 16.2. The average Bonchev–Trinajstić information content (AvgIpc) is 3.18. The van der Waals surface area contributed by atoms with Crippen LogP contribution in [0.25, 0.3) is 11.0 Å². The number of fused-ring (bicyclic) bond motifs is 1. The van der Waals surface area contributed by atoms with E-state index in [0.29, 0.717) is 42.1 Å². The van der Waals surface area contributed by atoms with E-state index in [1.54, 1.807) is 4.90 Å². The second-order valence-electron chi connectivity index (χ2n) is 7.55. The summed E-state index contributed by atoms with van der Waals surface area (Å²) in [6.45, 7) is 4.81. The summed E-state index contributed by atoms with van der Waals surface area (Å²) in [6, 6.07) is 9.29. The number of anilines is 2. The number of aryl methyl sites for hydroxylation is 1. The zero-order valence-corrected chi connectivity index (χ0v) is 17.2. The summed E-state index contributed by atoms with van der Waals surface area (Å²) < 4.78 is 1.83. The van der Waals surface area contributed by atoms with E-state index < -0.39 is 0 Å². The van der Waals surface area contributed by atoms with Crippen LogP contribution in [-0.4, -0.2) is 49.6 Å². The number of piperidine rings is 1. The molecule has 3 N–H and O–H groups in total. The van der Waals surface area contributed by atoms with E-state index in [1.807, 2.05) is 35.0 Å². The number of likely N-dealkylation sites (tertiary alicyclic amines) is 1. The summed E-state index contributed by atoms with van der Waals surface area (Å²) in [7, 11) is 0. The number of rotatable bonds is 6. The van der Waals surface area contributed by atoms with Crippen molar-refractivity contribution in [2.75, 3.05) is 24.1 Å². The normalized spacial score (nSPS) is 16.3. The van der Waals surface area contributed by atoms with Gasteiger partial charge in [-0.2, -0.15) is 5.10 Å². The van der Waals surface area contributed by atoms with E-state index >= 15 is 0 Å². The number of nitrogens with one attached hydrogen (secondary N) is 1. The molecule has 0 saturated carbocycles. The number of nitrogen functional groups attached to an aromatic ring is 1. The lowest BCUT2D eigenvalue weighted by atomic mass is 10.1. The Kier molecular flexibility index (Phi) is 5.92. The molecule has 0 spiro atoms. The molecule has 1 saturated heterocycles. The zero-order valence-electron chi connectivity index (χ0n) is 17.2. The minimum Gasteiger partial charge on any atom is -0.383 e. The standard InChI is InChI=1S/C22H25N7O2/c1-2-19(31)28-12-6-9-16(13-28)29-22-20(21(23)24-14-25-22)17(27-29)10-11-18(30)26-15-7-4-3-5-8-15/h2-5,7-8,14,16H,1,6,9-13H2,(H,26,30)(H2,23,24,25)/t16-/m1/s1. The second kappa shape index (κ2) is 8.95. The molecular formula is C22H25N7O2. The van der Waals surface area contributed by atoms with Crippen LogP contribution < -0.4 is 11.1 Å². The number of carbonyl (C=O) groups excluding carboxylic acids is 2. The van der Waals surface area contributed by atoms with Crippen molar-refractivity contribution >= 4 is 34.4 Å². The number of nitrogens with two attached hydrogens (primary N) is 1. The van der Waals surface area contributed by atoms with Gasteiger partial charge >= 0.3 is 0 Å². The molecule has 1 aromatic carbocycles. The van der Waals surface area contributed by atoms with Gasteiger partial charge in [-0.1, -0.05) is 24.8 Å². The quantitative estimate of drug-likeness (QED) is 0.592. The van der Waals surface area contributed by atoms with Crippen molar-refractivity contribution in [3.05, 3.63) is 55.0 Å². The van der Waals surface area contributed by atoms with Crippen LogP contribution in [0.5, 0.6) is 0 Å². The van der Waals surface area contributed by atoms with E-state index in [4.69, 9.17) is 10.8 Å². The molecule has 160 valence electrons. The Balaban J connectivity index is 1.56. The van der Waals surface area contributed by atoms with Crippen LogP contribution in [0.4, 0.5) is 11.5 Å². The van der Waals surface area contributed by atoms with Crippen LogP contribution in [-0.2, 0) is 16.0 Å². The van der Waals surface area contributed by atoms with Crippen molar-refractivity contribution in [1.29, 1.82) is 0 Å². The molecule has 2 aromatic heterocycles. The van der Waals surface area contributed by atoms with Crippen LogP contribution >= 0.6 is 0 Å². The zero-order chi connectivity index (χ0) is 21.8. The Morgan fingerprint density at radius 1 is 1.26 bits per heavy atom. The summed E-state index contributed by atoms with van der Waals surface area (Å²) in [5.41, 5.74) is 8.21. The van der Waals surface area contributed by atoms with Crippen molar-refractivity contribution in [2.45, 2.75) is 31.7 Å². The highest BCUT2D eigenvalue weighted by Crippen LogP contribution is 2.29. The molecule has 31 heavy (non-hydrogen) atoms. The minimum atomic E-state index is -0.107. The lowest BCUT2D eigenvalue weighted by molar-refractivity contribution is -0.127. The van der Waals surface area contributed by atoms with Crippen LogP contribution in [0.2, 0.25) is 0 Å². The number of hydrogen-bond acceptors (Lipinski definition) is 6. The Bertz CT molecular complexity index is 1110. The maximum absolute atomic E-state index is 12.4. The highest BCUT2D eigenvalue weighted by molar-refractivity contribution is 5.92. The predicted molar refractivity (Wildman–Crippen MR) is 118 cm³/mol. The van der Waals surface area contributed by atoms with Crippen molar-refractivity contribution in [3.63, 3.8) is 0 Å². The van der Waals surface area contributed by atoms with Gasteiger partial charge in [0.15, 0.2) is 5.65 Å². The van der Waals surface area contributed by atoms with Gasteiger partial charge in [0.05, 0.1) is 17.1 Å². The Labute approximate surface area is 180 Å². The number of nitrogens with zero attached hydrogens (tertiary/aromatic N) is 5. The van der Waals surface area contributed by atoms with Gasteiger partial charge in [-0.05, 0) is 31.1 Å². The van der Waals surface area contributed by atoms with Gasteiger partial charge in [0.2, 0.25) is 11.8 Å². The molecule has 9 nitrogen and oxygen atoms in total. The first-order valence-corrected chi connectivity index (χ1v) is 10.3. The first kappa shape index (κ1) is 20.5. The third-order valence-corrected chi connectivity index (χ3v) is 5.47. The minimum absolute atomic E-state index is 0.0265. The molecule has 0 unspecified atom stereocenters. The molecule has 0 radical (unpaired) electrons. The summed E-state index contributed by atoms with van der Waals surface area (Å²) in [4.78, 5) is 34.8. The molecule has 0 aliphatic carbocycles. The number of carbonyl (C=O) groups is 2. The van der Waals surface area contributed by atoms with Gasteiger partial charge in [-0.3, -0.25) is 9.59 Å². The molecular weight excluding hydrogens is 394 g/mol. The molecule has 1 aliphatic heterocycles. The molecule has 3 heterocycles. The fourth-order valence-electron chi connectivity index (χ4n) is 3.96. The van der Waals surface area contributed by atoms with E-state index in [9.17, 15) is 9.59 Å². The van der Waals surface area contributed by atoms with E-state index in [2.05, 4.69) is 21.9 Å². The third-order valence-electron chi connectivity index (χ3n) is 5.47. The van der Waals surface area contributed by atoms with Crippen molar-refractivity contribution < 1.29 is 9.59 Å². The smallest absolute Gasteiger partial charge is 0.246 e. The van der Waals surface area contributed by atoms with E-state index in [-0.39, 0.29) is 24.3 Å². The first-order chi connectivity index (χ1) is 15.1. The number of aromatic nitrogens is 4. The fraction of sp³-hybridized carbons (Fsp3) is 0.318. The summed E-state index contributed by atoms with van der Waals surface area (Å²) in [6.07, 6.45) is 5.14. The van der Waals surface area contributed by atoms with Crippen LogP contribution in [0, 0.1) is 0 Å². The van der Waals surface area contributed by atoms with Gasteiger partial charge in [-0.15, -0.1) is 0 Å². The van der Waals surface area contributed by atoms with Gasteiger partial charge in [0.1, 0.15) is 12.1 Å². The summed E-state index contributed by atoms with van der Waals surface area (Å²) in [5.74, 6) is 0.141. The molecule has 9 heteroatoms. The average molecular weight is 419 g/mol. The second-order valence-corrected chi connectivity index (χ2v) is 7.55. The third kappa shape index (κ3) is 4.40. The molecule has 4 rings (SSSR count). The van der Waals surface area contributed by atoms with E-state index in [1.165, 1.54) is 12.4 Å². The van der Waals surface area contributed by atoms with Gasteiger partial charge < -0.3 is 16.0 Å². The fourth-order valence-corrected chi connectivity index (χ4v) is 3.96. The van der Waals surface area contributed by atoms with Crippen LogP contribution in [0.3, 0.4) is 0 Å².